The summed E-state index contributed by atoms with van der Waals surface area (Å²) < 4.78 is 5.59. The lowest BCUT2D eigenvalue weighted by atomic mass is 9.99. The minimum absolute atomic E-state index is 0.465. The van der Waals surface area contributed by atoms with Gasteiger partial charge in [-0.3, -0.25) is 0 Å². The van der Waals surface area contributed by atoms with Gasteiger partial charge in [0.2, 0.25) is 0 Å². The van der Waals surface area contributed by atoms with Gasteiger partial charge in [-0.2, -0.15) is 0 Å². The van der Waals surface area contributed by atoms with Gasteiger partial charge in [0.25, 0.3) is 0 Å². The van der Waals surface area contributed by atoms with Crippen LogP contribution in [-0.4, -0.2) is 18.9 Å². The molecule has 1 saturated carbocycles. The topological polar surface area (TPSA) is 30.8 Å². The third-order valence-corrected chi connectivity index (χ3v) is 4.75. The summed E-state index contributed by atoms with van der Waals surface area (Å²) in [4.78, 5) is 5.42. The minimum atomic E-state index is 0.465. The number of ether oxygens (including phenoxy) is 1. The van der Waals surface area contributed by atoms with E-state index in [1.807, 2.05) is 30.3 Å². The molecule has 0 aliphatic heterocycles. The second kappa shape index (κ2) is 8.19. The minimum Gasteiger partial charge on any atom is -0.490 e. The molecule has 0 saturated heterocycles. The average molecular weight is 337 g/mol. The largest absolute Gasteiger partial charge is 0.490 e. The fourth-order valence-corrected chi connectivity index (χ4v) is 3.08. The molecule has 0 amide bonds. The Morgan fingerprint density at radius 3 is 2.44 bits per heavy atom. The van der Waals surface area contributed by atoms with E-state index in [0.717, 1.165) is 11.5 Å². The average Bonchev–Trinajstić information content (AvgIpc) is 3.43. The molecule has 1 aliphatic rings. The Morgan fingerprint density at radius 2 is 1.76 bits per heavy atom. The number of hydrogen-bond acceptors (Lipinski definition) is 3. The number of benzene rings is 2. The quantitative estimate of drug-likeness (QED) is 0.367. The lowest BCUT2D eigenvalue weighted by Crippen LogP contribution is -2.06. The van der Waals surface area contributed by atoms with Crippen molar-refractivity contribution in [2.24, 2.45) is 11.1 Å². The van der Waals surface area contributed by atoms with Gasteiger partial charge in [-0.15, -0.1) is 0 Å². The van der Waals surface area contributed by atoms with Crippen molar-refractivity contribution in [2.75, 3.05) is 13.2 Å². The molecular formula is C22H27NO2. The molecule has 2 atom stereocenters. The molecule has 132 valence electrons. The zero-order chi connectivity index (χ0) is 17.6. The van der Waals surface area contributed by atoms with Gasteiger partial charge >= 0.3 is 0 Å². The fraction of sp³-hybridized carbons (Fsp3) is 0.409. The van der Waals surface area contributed by atoms with Crippen LogP contribution in [0.25, 0.3) is 0 Å². The van der Waals surface area contributed by atoms with Crippen LogP contribution in [-0.2, 0) is 4.84 Å². The van der Waals surface area contributed by atoms with E-state index in [9.17, 15) is 0 Å². The second-order valence-corrected chi connectivity index (χ2v) is 7.00. The summed E-state index contributed by atoms with van der Waals surface area (Å²) in [6.07, 6.45) is 1.17. The van der Waals surface area contributed by atoms with E-state index in [1.165, 1.54) is 17.5 Å². The number of para-hydroxylation sites is 1. The van der Waals surface area contributed by atoms with Gasteiger partial charge in [-0.1, -0.05) is 61.5 Å². The number of rotatable bonds is 8. The van der Waals surface area contributed by atoms with Crippen molar-refractivity contribution in [3.8, 4) is 5.75 Å². The van der Waals surface area contributed by atoms with Crippen molar-refractivity contribution in [3.63, 3.8) is 0 Å². The second-order valence-electron chi connectivity index (χ2n) is 7.00. The lowest BCUT2D eigenvalue weighted by Gasteiger charge is -2.07. The molecule has 0 unspecified atom stereocenters. The van der Waals surface area contributed by atoms with Crippen LogP contribution in [0.5, 0.6) is 5.75 Å². The lowest BCUT2D eigenvalue weighted by molar-refractivity contribution is 0.106. The Morgan fingerprint density at radius 1 is 1.04 bits per heavy atom. The highest BCUT2D eigenvalue weighted by Gasteiger charge is 2.40. The Balaban J connectivity index is 1.41. The van der Waals surface area contributed by atoms with Crippen LogP contribution in [0.4, 0.5) is 0 Å². The Labute approximate surface area is 150 Å². The normalized spacial score (nSPS) is 19.8. The van der Waals surface area contributed by atoms with E-state index in [-0.39, 0.29) is 0 Å². The molecule has 1 aliphatic carbocycles. The molecule has 2 aromatic carbocycles. The molecule has 0 N–H and O–H groups in total. The molecule has 0 spiro atoms. The van der Waals surface area contributed by atoms with Gasteiger partial charge < -0.3 is 9.57 Å². The first-order valence-corrected chi connectivity index (χ1v) is 9.09. The van der Waals surface area contributed by atoms with Crippen molar-refractivity contribution in [1.29, 1.82) is 0 Å². The summed E-state index contributed by atoms with van der Waals surface area (Å²) >= 11 is 0. The van der Waals surface area contributed by atoms with Crippen LogP contribution in [0.15, 0.2) is 59.8 Å². The van der Waals surface area contributed by atoms with E-state index >= 15 is 0 Å². The Bertz CT molecular complexity index is 692. The van der Waals surface area contributed by atoms with Crippen molar-refractivity contribution >= 4 is 5.71 Å². The first kappa shape index (κ1) is 17.5. The van der Waals surface area contributed by atoms with Gasteiger partial charge in [0.15, 0.2) is 6.61 Å². The smallest absolute Gasteiger partial charge is 0.151 e. The van der Waals surface area contributed by atoms with Crippen LogP contribution >= 0.6 is 0 Å². The van der Waals surface area contributed by atoms with Gasteiger partial charge in [0.05, 0.1) is 5.71 Å². The maximum atomic E-state index is 5.59. The molecule has 0 heterocycles. The molecule has 0 bridgehead atoms. The number of nitrogens with zero attached hydrogens (tertiary/aromatic N) is 1. The maximum absolute atomic E-state index is 5.59. The van der Waals surface area contributed by atoms with Crippen LogP contribution in [0, 0.1) is 5.92 Å². The summed E-state index contributed by atoms with van der Waals surface area (Å²) in [5, 5.41) is 4.28. The molecule has 25 heavy (non-hydrogen) atoms. The highest BCUT2D eigenvalue weighted by molar-refractivity contribution is 5.87. The van der Waals surface area contributed by atoms with Crippen molar-refractivity contribution in [1.82, 2.24) is 0 Å². The van der Waals surface area contributed by atoms with Crippen LogP contribution in [0.3, 0.4) is 0 Å². The number of hydrogen-bond donors (Lipinski definition) is 0. The van der Waals surface area contributed by atoms with Crippen LogP contribution in [0.1, 0.15) is 50.2 Å². The van der Waals surface area contributed by atoms with Gasteiger partial charge in [-0.25, -0.2) is 0 Å². The van der Waals surface area contributed by atoms with Gasteiger partial charge in [0.1, 0.15) is 12.4 Å². The maximum Gasteiger partial charge on any atom is 0.151 e. The fourth-order valence-electron chi connectivity index (χ4n) is 3.08. The van der Waals surface area contributed by atoms with Crippen molar-refractivity contribution in [2.45, 2.75) is 39.0 Å². The molecule has 3 nitrogen and oxygen atoms in total. The molecule has 1 fully saturated rings. The van der Waals surface area contributed by atoms with Gasteiger partial charge in [0, 0.05) is 5.92 Å². The molecule has 0 aromatic heterocycles. The molecule has 2 aromatic rings. The zero-order valence-corrected chi connectivity index (χ0v) is 15.3. The van der Waals surface area contributed by atoms with Gasteiger partial charge in [-0.05, 0) is 48.4 Å². The first-order chi connectivity index (χ1) is 12.1. The Hall–Kier alpha value is -2.29. The predicted octanol–water partition coefficient (Wildman–Crippen LogP) is 5.39. The monoisotopic (exact) mass is 337 g/mol. The summed E-state index contributed by atoms with van der Waals surface area (Å²) in [5.41, 5.74) is 3.89. The SMILES string of the molecule is C/C(=N/OCCOc1ccccc1)[C@@H]1C[C@H]1c1ccc(C(C)C)cc1. The molecule has 3 heteroatoms. The Kier molecular flexibility index (Phi) is 5.75. The van der Waals surface area contributed by atoms with E-state index in [0.29, 0.717) is 31.0 Å². The third kappa shape index (κ3) is 4.85. The van der Waals surface area contributed by atoms with Crippen molar-refractivity contribution < 1.29 is 9.57 Å². The molecular weight excluding hydrogens is 310 g/mol. The predicted molar refractivity (Wildman–Crippen MR) is 102 cm³/mol. The summed E-state index contributed by atoms with van der Waals surface area (Å²) in [6, 6.07) is 18.8. The highest BCUT2D eigenvalue weighted by atomic mass is 16.6. The first-order valence-electron chi connectivity index (χ1n) is 9.09. The van der Waals surface area contributed by atoms with E-state index in [1.54, 1.807) is 0 Å². The van der Waals surface area contributed by atoms with E-state index in [2.05, 4.69) is 50.2 Å². The van der Waals surface area contributed by atoms with E-state index < -0.39 is 0 Å². The van der Waals surface area contributed by atoms with Crippen molar-refractivity contribution in [3.05, 3.63) is 65.7 Å². The highest BCUT2D eigenvalue weighted by Crippen LogP contribution is 2.48. The summed E-state index contributed by atoms with van der Waals surface area (Å²) in [7, 11) is 0. The van der Waals surface area contributed by atoms with E-state index in [4.69, 9.17) is 9.57 Å². The zero-order valence-electron chi connectivity index (χ0n) is 15.3. The number of oxime groups is 1. The van der Waals surface area contributed by atoms with Crippen LogP contribution < -0.4 is 4.74 Å². The summed E-state index contributed by atoms with van der Waals surface area (Å²) in [6.45, 7) is 7.48. The third-order valence-electron chi connectivity index (χ3n) is 4.75. The van der Waals surface area contributed by atoms with Crippen LogP contribution in [0.2, 0.25) is 0 Å². The molecule has 0 radical (unpaired) electrons. The standard InChI is InChI=1S/C22H27NO2/c1-16(2)18-9-11-19(12-10-18)22-15-21(22)17(3)23-25-14-13-24-20-7-5-4-6-8-20/h4-12,16,21-22H,13-15H2,1-3H3/b23-17-/t21-,22-/m0/s1. The summed E-state index contributed by atoms with van der Waals surface area (Å²) in [5.74, 6) is 2.55. The molecule has 3 rings (SSSR count).